The van der Waals surface area contributed by atoms with E-state index in [0.29, 0.717) is 12.2 Å². The topological polar surface area (TPSA) is 38.8 Å². The van der Waals surface area contributed by atoms with Gasteiger partial charge >= 0.3 is 5.97 Å². The molecule has 0 saturated carbocycles. The van der Waals surface area contributed by atoms with Crippen molar-refractivity contribution in [3.63, 3.8) is 0 Å². The monoisotopic (exact) mass is 242 g/mol. The number of hydrogen-bond acceptors (Lipinski definition) is 3. The Morgan fingerprint density at radius 3 is 2.35 bits per heavy atom. The highest BCUT2D eigenvalue weighted by Gasteiger charge is 2.37. The Balaban J connectivity index is 2.30. The Bertz CT molecular complexity index is 255. The molecular weight excluding hydrogens is 216 g/mol. The van der Waals surface area contributed by atoms with Crippen molar-refractivity contribution in [1.29, 1.82) is 0 Å². The lowest BCUT2D eigenvalue weighted by Crippen LogP contribution is -2.28. The molecule has 0 spiro atoms. The van der Waals surface area contributed by atoms with E-state index in [1.165, 1.54) is 0 Å². The van der Waals surface area contributed by atoms with E-state index in [0.717, 1.165) is 25.7 Å². The quantitative estimate of drug-likeness (QED) is 0.530. The number of carbonyl (C=O) groups excluding carboxylic acids is 1. The molecule has 100 valence electrons. The van der Waals surface area contributed by atoms with Crippen LogP contribution in [0, 0.1) is 5.92 Å². The first-order valence-corrected chi connectivity index (χ1v) is 6.75. The van der Waals surface area contributed by atoms with Gasteiger partial charge in [0.25, 0.3) is 0 Å². The summed E-state index contributed by atoms with van der Waals surface area (Å²) >= 11 is 0. The molecule has 0 aromatic rings. The van der Waals surface area contributed by atoms with Crippen molar-refractivity contribution in [3.05, 3.63) is 0 Å². The van der Waals surface area contributed by atoms with Crippen LogP contribution in [0.1, 0.15) is 60.3 Å². The molecule has 0 aromatic heterocycles. The molecule has 3 atom stereocenters. The molecule has 3 heteroatoms. The van der Waals surface area contributed by atoms with E-state index in [1.54, 1.807) is 0 Å². The lowest BCUT2D eigenvalue weighted by atomic mass is 9.98. The van der Waals surface area contributed by atoms with Gasteiger partial charge in [-0.3, -0.25) is 4.79 Å². The van der Waals surface area contributed by atoms with Gasteiger partial charge in [0.1, 0.15) is 5.60 Å². The van der Waals surface area contributed by atoms with Crippen LogP contribution in [0.3, 0.4) is 0 Å². The van der Waals surface area contributed by atoms with Crippen LogP contribution in [0.5, 0.6) is 0 Å². The molecule has 0 radical (unpaired) electrons. The largest absolute Gasteiger partial charge is 0.460 e. The van der Waals surface area contributed by atoms with Crippen LogP contribution in [0.2, 0.25) is 0 Å². The summed E-state index contributed by atoms with van der Waals surface area (Å²) in [4.78, 5) is 11.9. The predicted octanol–water partition coefficient (Wildman–Crippen LogP) is 3.31. The first kappa shape index (κ1) is 14.5. The lowest BCUT2D eigenvalue weighted by Gasteiger charge is -2.23. The highest BCUT2D eigenvalue weighted by Crippen LogP contribution is 2.31. The molecule has 0 N–H and O–H groups in total. The Kier molecular flexibility index (Phi) is 4.99. The van der Waals surface area contributed by atoms with Crippen molar-refractivity contribution in [3.8, 4) is 0 Å². The van der Waals surface area contributed by atoms with E-state index in [4.69, 9.17) is 9.47 Å². The average Bonchev–Trinajstić information content (AvgIpc) is 2.94. The third-order valence-corrected chi connectivity index (χ3v) is 3.12. The van der Waals surface area contributed by atoms with Gasteiger partial charge in [0.2, 0.25) is 0 Å². The van der Waals surface area contributed by atoms with Crippen molar-refractivity contribution < 1.29 is 14.3 Å². The van der Waals surface area contributed by atoms with E-state index >= 15 is 0 Å². The molecule has 1 aliphatic rings. The summed E-state index contributed by atoms with van der Waals surface area (Å²) in [6.45, 7) is 9.91. The number of epoxide rings is 1. The minimum Gasteiger partial charge on any atom is -0.460 e. The van der Waals surface area contributed by atoms with Crippen molar-refractivity contribution in [2.45, 2.75) is 78.1 Å². The molecular formula is C14H26O3. The van der Waals surface area contributed by atoms with Crippen LogP contribution < -0.4 is 0 Å². The summed E-state index contributed by atoms with van der Waals surface area (Å²) in [5.41, 5.74) is -0.382. The van der Waals surface area contributed by atoms with Crippen LogP contribution in [0.4, 0.5) is 0 Å². The van der Waals surface area contributed by atoms with Crippen LogP contribution >= 0.6 is 0 Å². The van der Waals surface area contributed by atoms with Crippen molar-refractivity contribution in [2.75, 3.05) is 0 Å². The van der Waals surface area contributed by atoms with Crippen LogP contribution in [-0.2, 0) is 14.3 Å². The molecule has 1 saturated heterocycles. The van der Waals surface area contributed by atoms with Gasteiger partial charge in [-0.05, 0) is 46.5 Å². The zero-order valence-electron chi connectivity index (χ0n) is 11.8. The van der Waals surface area contributed by atoms with Crippen molar-refractivity contribution in [1.82, 2.24) is 0 Å². The maximum Gasteiger partial charge on any atom is 0.309 e. The molecule has 0 aromatic carbocycles. The predicted molar refractivity (Wildman–Crippen MR) is 67.8 cm³/mol. The summed E-state index contributed by atoms with van der Waals surface area (Å²) < 4.78 is 10.9. The van der Waals surface area contributed by atoms with E-state index in [1.807, 2.05) is 27.7 Å². The van der Waals surface area contributed by atoms with E-state index in [2.05, 4.69) is 6.92 Å². The van der Waals surface area contributed by atoms with Crippen LogP contribution in [-0.4, -0.2) is 23.8 Å². The molecule has 0 aliphatic carbocycles. The van der Waals surface area contributed by atoms with Gasteiger partial charge in [0.15, 0.2) is 0 Å². The normalized spacial score (nSPS) is 25.5. The standard InChI is InChI=1S/C14H26O3/c1-6-10(13(15)17-14(3,4)5)8-9-12-11(7-2)16-12/h10-12H,6-9H2,1-5H3. The highest BCUT2D eigenvalue weighted by molar-refractivity contribution is 5.72. The summed E-state index contributed by atoms with van der Waals surface area (Å²) in [6.07, 6.45) is 4.61. The summed E-state index contributed by atoms with van der Waals surface area (Å²) in [6, 6.07) is 0. The lowest BCUT2D eigenvalue weighted by molar-refractivity contribution is -0.160. The first-order chi connectivity index (χ1) is 7.87. The number of ether oxygens (including phenoxy) is 2. The van der Waals surface area contributed by atoms with Crippen molar-refractivity contribution >= 4 is 5.97 Å². The minimum atomic E-state index is -0.382. The Morgan fingerprint density at radius 1 is 1.29 bits per heavy atom. The van der Waals surface area contributed by atoms with E-state index in [9.17, 15) is 4.79 Å². The fourth-order valence-electron chi connectivity index (χ4n) is 2.03. The van der Waals surface area contributed by atoms with Crippen molar-refractivity contribution in [2.24, 2.45) is 5.92 Å². The molecule has 17 heavy (non-hydrogen) atoms. The van der Waals surface area contributed by atoms with E-state index < -0.39 is 0 Å². The van der Waals surface area contributed by atoms with E-state index in [-0.39, 0.29) is 17.5 Å². The molecule has 1 rings (SSSR count). The number of hydrogen-bond donors (Lipinski definition) is 0. The molecule has 0 amide bonds. The zero-order valence-corrected chi connectivity index (χ0v) is 11.8. The molecule has 1 heterocycles. The number of carbonyl (C=O) groups is 1. The number of rotatable bonds is 6. The van der Waals surface area contributed by atoms with Gasteiger partial charge in [0.05, 0.1) is 18.1 Å². The molecule has 3 nitrogen and oxygen atoms in total. The fraction of sp³-hybridized carbons (Fsp3) is 0.929. The van der Waals surface area contributed by atoms with Gasteiger partial charge in [0, 0.05) is 0 Å². The maximum absolute atomic E-state index is 11.9. The summed E-state index contributed by atoms with van der Waals surface area (Å²) in [5, 5.41) is 0. The average molecular weight is 242 g/mol. The van der Waals surface area contributed by atoms with Gasteiger partial charge in [-0.15, -0.1) is 0 Å². The SMILES string of the molecule is CCC(CCC1OC1CC)C(=O)OC(C)(C)C. The fourth-order valence-corrected chi connectivity index (χ4v) is 2.03. The zero-order chi connectivity index (χ0) is 13.1. The molecule has 0 bridgehead atoms. The van der Waals surface area contributed by atoms with Gasteiger partial charge in [-0.1, -0.05) is 13.8 Å². The first-order valence-electron chi connectivity index (χ1n) is 6.75. The Morgan fingerprint density at radius 2 is 1.94 bits per heavy atom. The summed E-state index contributed by atoms with van der Waals surface area (Å²) in [5.74, 6) is -0.0374. The van der Waals surface area contributed by atoms with Gasteiger partial charge in [-0.2, -0.15) is 0 Å². The van der Waals surface area contributed by atoms with Crippen LogP contribution in [0.15, 0.2) is 0 Å². The maximum atomic E-state index is 11.9. The molecule has 3 unspecified atom stereocenters. The molecule has 1 fully saturated rings. The Labute approximate surface area is 105 Å². The second kappa shape index (κ2) is 5.85. The van der Waals surface area contributed by atoms with Crippen LogP contribution in [0.25, 0.3) is 0 Å². The van der Waals surface area contributed by atoms with Gasteiger partial charge < -0.3 is 9.47 Å². The second-order valence-corrected chi connectivity index (χ2v) is 5.84. The highest BCUT2D eigenvalue weighted by atomic mass is 16.6. The van der Waals surface area contributed by atoms with Gasteiger partial charge in [-0.25, -0.2) is 0 Å². The molecule has 1 aliphatic heterocycles. The third kappa shape index (κ3) is 5.07. The Hall–Kier alpha value is -0.570. The minimum absolute atomic E-state index is 0.0240. The number of esters is 1. The third-order valence-electron chi connectivity index (χ3n) is 3.12. The second-order valence-electron chi connectivity index (χ2n) is 5.84. The smallest absolute Gasteiger partial charge is 0.309 e. The summed E-state index contributed by atoms with van der Waals surface area (Å²) in [7, 11) is 0.